The van der Waals surface area contributed by atoms with E-state index in [4.69, 9.17) is 5.11 Å². The number of nitrogens with zero attached hydrogens (tertiary/aromatic N) is 1. The number of thioether (sulfide) groups is 1. The summed E-state index contributed by atoms with van der Waals surface area (Å²) in [5.41, 5.74) is 0.487. The molecule has 1 aliphatic heterocycles. The molecule has 2 heterocycles. The zero-order valence-corrected chi connectivity index (χ0v) is 10.8. The second-order valence-corrected chi connectivity index (χ2v) is 5.91. The normalized spacial score (nSPS) is 22.7. The maximum atomic E-state index is 12.0. The van der Waals surface area contributed by atoms with Gasteiger partial charge in [0.1, 0.15) is 11.1 Å². The molecule has 1 saturated heterocycles. The molecule has 2 aromatic rings. The molecule has 0 radical (unpaired) electrons. The molecule has 1 aromatic carbocycles. The Kier molecular flexibility index (Phi) is 3.02. The number of nitrogens with one attached hydrogen (secondary N) is 1. The summed E-state index contributed by atoms with van der Waals surface area (Å²) in [5, 5.41) is 9.11. The van der Waals surface area contributed by atoms with E-state index in [9.17, 15) is 9.59 Å². The van der Waals surface area contributed by atoms with E-state index < -0.39 is 11.2 Å². The standard InChI is InChI=1S/C13H12N2O3S/c16-12-7-3-1-2-4-8(7)14-11(15-12)9-5-6-10(19-9)13(17)18/h1-4,9-10H,5-6H2,(H,17,18)(H,14,15,16)/t9-,10-/m1/s1. The van der Waals surface area contributed by atoms with Crippen LogP contribution in [-0.4, -0.2) is 26.3 Å². The Balaban J connectivity index is 1.98. The van der Waals surface area contributed by atoms with E-state index in [2.05, 4.69) is 9.97 Å². The maximum Gasteiger partial charge on any atom is 0.316 e. The third-order valence-electron chi connectivity index (χ3n) is 3.23. The fraction of sp³-hybridized carbons (Fsp3) is 0.308. The smallest absolute Gasteiger partial charge is 0.316 e. The van der Waals surface area contributed by atoms with Gasteiger partial charge in [0.15, 0.2) is 0 Å². The molecule has 3 rings (SSSR count). The summed E-state index contributed by atoms with van der Waals surface area (Å²) < 4.78 is 0. The van der Waals surface area contributed by atoms with E-state index in [1.54, 1.807) is 18.2 Å². The summed E-state index contributed by atoms with van der Waals surface area (Å²) in [6, 6.07) is 7.15. The minimum atomic E-state index is -0.796. The van der Waals surface area contributed by atoms with E-state index in [0.717, 1.165) is 6.42 Å². The molecule has 0 amide bonds. The summed E-state index contributed by atoms with van der Waals surface area (Å²) >= 11 is 1.36. The average Bonchev–Trinajstić information content (AvgIpc) is 2.88. The first-order valence-electron chi connectivity index (χ1n) is 6.02. The summed E-state index contributed by atoms with van der Waals surface area (Å²) in [4.78, 5) is 30.1. The van der Waals surface area contributed by atoms with Crippen LogP contribution in [-0.2, 0) is 4.79 Å². The van der Waals surface area contributed by atoms with Gasteiger partial charge in [-0.05, 0) is 25.0 Å². The molecule has 0 aliphatic carbocycles. The van der Waals surface area contributed by atoms with Gasteiger partial charge in [-0.25, -0.2) is 4.98 Å². The minimum absolute atomic E-state index is 0.0431. The van der Waals surface area contributed by atoms with Crippen molar-refractivity contribution in [1.29, 1.82) is 0 Å². The van der Waals surface area contributed by atoms with Gasteiger partial charge >= 0.3 is 5.97 Å². The second-order valence-electron chi connectivity index (χ2n) is 4.50. The third-order valence-corrected chi connectivity index (χ3v) is 4.78. The topological polar surface area (TPSA) is 83.0 Å². The monoisotopic (exact) mass is 276 g/mol. The summed E-state index contributed by atoms with van der Waals surface area (Å²) in [6.45, 7) is 0. The molecule has 1 aromatic heterocycles. The molecule has 0 bridgehead atoms. The Labute approximate surface area is 113 Å². The first kappa shape index (κ1) is 12.2. The zero-order chi connectivity index (χ0) is 13.4. The molecule has 0 spiro atoms. The fourth-order valence-corrected chi connectivity index (χ4v) is 3.57. The predicted octanol–water partition coefficient (Wildman–Crippen LogP) is 1.94. The van der Waals surface area contributed by atoms with Crippen molar-refractivity contribution in [2.24, 2.45) is 0 Å². The van der Waals surface area contributed by atoms with Crippen molar-refractivity contribution in [1.82, 2.24) is 9.97 Å². The molecule has 19 heavy (non-hydrogen) atoms. The average molecular weight is 276 g/mol. The SMILES string of the molecule is O=C(O)[C@H]1CC[C@H](c2nc3ccccc3c(=O)[nH]2)S1. The van der Waals surface area contributed by atoms with Crippen LogP contribution in [0.1, 0.15) is 23.9 Å². The van der Waals surface area contributed by atoms with E-state index in [-0.39, 0.29) is 10.8 Å². The number of carboxylic acids is 1. The van der Waals surface area contributed by atoms with Gasteiger partial charge in [0, 0.05) is 0 Å². The number of aromatic amines is 1. The fourth-order valence-electron chi connectivity index (χ4n) is 2.28. The number of carboxylic acid groups (broad SMARTS) is 1. The maximum absolute atomic E-state index is 12.0. The van der Waals surface area contributed by atoms with Gasteiger partial charge in [-0.2, -0.15) is 0 Å². The number of aromatic nitrogens is 2. The van der Waals surface area contributed by atoms with E-state index in [1.165, 1.54) is 11.8 Å². The van der Waals surface area contributed by atoms with Crippen LogP contribution in [0.25, 0.3) is 10.9 Å². The molecule has 1 fully saturated rings. The van der Waals surface area contributed by atoms with Crippen molar-refractivity contribution in [3.8, 4) is 0 Å². The van der Waals surface area contributed by atoms with Crippen LogP contribution < -0.4 is 5.56 Å². The summed E-state index contributed by atoms with van der Waals surface area (Å²) in [6.07, 6.45) is 1.34. The Morgan fingerprint density at radius 2 is 2.16 bits per heavy atom. The van der Waals surface area contributed by atoms with Gasteiger partial charge in [0.2, 0.25) is 0 Å². The molecular formula is C13H12N2O3S. The van der Waals surface area contributed by atoms with E-state index in [0.29, 0.717) is 23.1 Å². The van der Waals surface area contributed by atoms with Gasteiger partial charge < -0.3 is 10.1 Å². The second kappa shape index (κ2) is 4.70. The number of hydrogen-bond donors (Lipinski definition) is 2. The lowest BCUT2D eigenvalue weighted by Crippen LogP contribution is -2.14. The number of benzene rings is 1. The highest BCUT2D eigenvalue weighted by Crippen LogP contribution is 2.43. The number of H-pyrrole nitrogens is 1. The van der Waals surface area contributed by atoms with Crippen molar-refractivity contribution in [3.63, 3.8) is 0 Å². The van der Waals surface area contributed by atoms with Crippen molar-refractivity contribution in [2.45, 2.75) is 23.3 Å². The van der Waals surface area contributed by atoms with E-state index >= 15 is 0 Å². The number of rotatable bonds is 2. The highest BCUT2D eigenvalue weighted by atomic mass is 32.2. The van der Waals surface area contributed by atoms with Crippen LogP contribution in [0.4, 0.5) is 0 Å². The van der Waals surface area contributed by atoms with Gasteiger partial charge in [0.05, 0.1) is 16.2 Å². The lowest BCUT2D eigenvalue weighted by Gasteiger charge is -2.09. The number of hydrogen-bond acceptors (Lipinski definition) is 4. The lowest BCUT2D eigenvalue weighted by atomic mass is 10.2. The lowest BCUT2D eigenvalue weighted by molar-refractivity contribution is -0.136. The molecule has 6 heteroatoms. The van der Waals surface area contributed by atoms with Crippen LogP contribution in [0.5, 0.6) is 0 Å². The van der Waals surface area contributed by atoms with E-state index in [1.807, 2.05) is 6.07 Å². The molecule has 98 valence electrons. The Morgan fingerprint density at radius 3 is 2.89 bits per heavy atom. The minimum Gasteiger partial charge on any atom is -0.480 e. The van der Waals surface area contributed by atoms with Crippen LogP contribution in [0, 0.1) is 0 Å². The molecule has 1 aliphatic rings. The molecule has 5 nitrogen and oxygen atoms in total. The Bertz CT molecular complexity index is 698. The van der Waals surface area contributed by atoms with Crippen LogP contribution >= 0.6 is 11.8 Å². The molecule has 0 unspecified atom stereocenters. The predicted molar refractivity (Wildman–Crippen MR) is 73.4 cm³/mol. The summed E-state index contributed by atoms with van der Waals surface area (Å²) in [7, 11) is 0. The van der Waals surface area contributed by atoms with Crippen LogP contribution in [0.2, 0.25) is 0 Å². The molecule has 2 atom stereocenters. The zero-order valence-electron chi connectivity index (χ0n) is 10.00. The molecule has 2 N–H and O–H groups in total. The Hall–Kier alpha value is -1.82. The van der Waals surface area contributed by atoms with Crippen molar-refractivity contribution < 1.29 is 9.90 Å². The largest absolute Gasteiger partial charge is 0.480 e. The van der Waals surface area contributed by atoms with Gasteiger partial charge in [-0.15, -0.1) is 11.8 Å². The number of para-hydroxylation sites is 1. The third kappa shape index (κ3) is 2.23. The Morgan fingerprint density at radius 1 is 1.37 bits per heavy atom. The van der Waals surface area contributed by atoms with Crippen molar-refractivity contribution in [3.05, 3.63) is 40.4 Å². The van der Waals surface area contributed by atoms with Gasteiger partial charge in [0.25, 0.3) is 5.56 Å². The highest BCUT2D eigenvalue weighted by molar-refractivity contribution is 8.01. The first-order valence-corrected chi connectivity index (χ1v) is 6.96. The van der Waals surface area contributed by atoms with Crippen LogP contribution in [0.3, 0.4) is 0 Å². The van der Waals surface area contributed by atoms with Crippen molar-refractivity contribution in [2.75, 3.05) is 0 Å². The first-order chi connectivity index (χ1) is 9.15. The molecular weight excluding hydrogens is 264 g/mol. The van der Waals surface area contributed by atoms with Crippen molar-refractivity contribution >= 4 is 28.6 Å². The summed E-state index contributed by atoms with van der Waals surface area (Å²) in [5.74, 6) is -0.215. The number of fused-ring (bicyclic) bond motifs is 1. The van der Waals surface area contributed by atoms with Gasteiger partial charge in [-0.3, -0.25) is 9.59 Å². The van der Waals surface area contributed by atoms with Crippen LogP contribution in [0.15, 0.2) is 29.1 Å². The quantitative estimate of drug-likeness (QED) is 0.876. The molecule has 0 saturated carbocycles. The number of carbonyl (C=O) groups is 1. The van der Waals surface area contributed by atoms with Gasteiger partial charge in [-0.1, -0.05) is 12.1 Å². The highest BCUT2D eigenvalue weighted by Gasteiger charge is 2.32. The number of aliphatic carboxylic acids is 1.